The Kier molecular flexibility index (Phi) is 6.34. The van der Waals surface area contributed by atoms with E-state index in [0.29, 0.717) is 47.3 Å². The van der Waals surface area contributed by atoms with Gasteiger partial charge in [0.2, 0.25) is 0 Å². The van der Waals surface area contributed by atoms with E-state index in [9.17, 15) is 18.8 Å². The molecule has 0 aliphatic heterocycles. The first kappa shape index (κ1) is 20.6. The third-order valence-electron chi connectivity index (χ3n) is 5.01. The van der Waals surface area contributed by atoms with Gasteiger partial charge in [-0.3, -0.25) is 14.4 Å². The van der Waals surface area contributed by atoms with Crippen molar-refractivity contribution in [2.75, 3.05) is 18.9 Å². The molecule has 2 aromatic carbocycles. The van der Waals surface area contributed by atoms with Crippen molar-refractivity contribution in [3.8, 4) is 0 Å². The van der Waals surface area contributed by atoms with Crippen LogP contribution in [0.5, 0.6) is 0 Å². The fourth-order valence-electron chi connectivity index (χ4n) is 3.43. The second kappa shape index (κ2) is 8.92. The topological polar surface area (TPSA) is 89.3 Å². The van der Waals surface area contributed by atoms with Crippen LogP contribution in [0.3, 0.4) is 0 Å². The van der Waals surface area contributed by atoms with E-state index >= 15 is 0 Å². The van der Waals surface area contributed by atoms with Crippen molar-refractivity contribution in [3.63, 3.8) is 0 Å². The number of rotatable bonds is 8. The zero-order valence-electron chi connectivity index (χ0n) is 16.3. The molecule has 0 saturated carbocycles. The Hall–Kier alpha value is -3.12. The van der Waals surface area contributed by atoms with E-state index in [4.69, 9.17) is 5.73 Å². The zero-order valence-corrected chi connectivity index (χ0v) is 16.3. The highest BCUT2D eigenvalue weighted by Gasteiger charge is 2.26. The summed E-state index contributed by atoms with van der Waals surface area (Å²) in [6.45, 7) is 0.463. The van der Waals surface area contributed by atoms with Crippen LogP contribution < -0.4 is 11.1 Å². The molecule has 3 rings (SSSR count). The fraction of sp³-hybridized carbons (Fsp3) is 0.261. The van der Waals surface area contributed by atoms with Crippen LogP contribution in [0.4, 0.5) is 10.1 Å². The van der Waals surface area contributed by atoms with Crippen molar-refractivity contribution in [1.29, 1.82) is 0 Å². The molecule has 0 heterocycles. The quantitative estimate of drug-likeness (QED) is 0.530. The first-order chi connectivity index (χ1) is 13.9. The molecule has 150 valence electrons. The summed E-state index contributed by atoms with van der Waals surface area (Å²) in [4.78, 5) is 37.2. The molecule has 0 atom stereocenters. The van der Waals surface area contributed by atoms with Crippen LogP contribution in [0.1, 0.15) is 39.9 Å². The molecule has 1 aliphatic carbocycles. The summed E-state index contributed by atoms with van der Waals surface area (Å²) in [6.07, 6.45) is 2.59. The highest BCUT2D eigenvalue weighted by molar-refractivity contribution is 6.25. The third-order valence-corrected chi connectivity index (χ3v) is 5.01. The number of fused-ring (bicyclic) bond motifs is 1. The number of carbonyl (C=O) groups excluding carboxylic acids is 3. The van der Waals surface area contributed by atoms with Crippen molar-refractivity contribution >= 4 is 29.1 Å². The molecule has 5 nitrogen and oxygen atoms in total. The van der Waals surface area contributed by atoms with E-state index in [1.807, 2.05) is 0 Å². The summed E-state index contributed by atoms with van der Waals surface area (Å²) < 4.78 is 13.8. The van der Waals surface area contributed by atoms with Crippen LogP contribution in [0.25, 0.3) is 6.08 Å². The average molecular weight is 394 g/mol. The maximum Gasteiger partial charge on any atom is 0.170 e. The van der Waals surface area contributed by atoms with Gasteiger partial charge in [-0.15, -0.1) is 0 Å². The van der Waals surface area contributed by atoms with Crippen LogP contribution in [-0.4, -0.2) is 30.9 Å². The molecule has 0 saturated heterocycles. The molecule has 29 heavy (non-hydrogen) atoms. The molecular formula is C23H23FN2O3. The zero-order chi connectivity index (χ0) is 21.0. The van der Waals surface area contributed by atoms with E-state index in [1.165, 1.54) is 18.2 Å². The minimum Gasteiger partial charge on any atom is -0.388 e. The van der Waals surface area contributed by atoms with Gasteiger partial charge >= 0.3 is 0 Å². The van der Waals surface area contributed by atoms with Crippen LogP contribution in [-0.2, 0) is 22.4 Å². The lowest BCUT2D eigenvalue weighted by Gasteiger charge is -2.18. The third kappa shape index (κ3) is 4.66. The van der Waals surface area contributed by atoms with Crippen molar-refractivity contribution in [2.24, 2.45) is 5.73 Å². The number of nitrogens with one attached hydrogen (secondary N) is 1. The standard InChI is InChI=1S/C23H23FN2O3/c1-26-20-12-17(24)10-16-11-19(23(29)13-18(16)20)22(28)9-14-4-6-15(7-5-14)21(27)3-2-8-25/h4-7,10-12,26H,2-3,8-9,13,25H2,1H3. The molecular weight excluding hydrogens is 371 g/mol. The Bertz CT molecular complexity index is 994. The molecule has 0 aromatic heterocycles. The summed E-state index contributed by atoms with van der Waals surface area (Å²) in [5, 5.41) is 2.89. The first-order valence-corrected chi connectivity index (χ1v) is 9.53. The highest BCUT2D eigenvalue weighted by Crippen LogP contribution is 2.30. The number of anilines is 1. The van der Waals surface area contributed by atoms with Gasteiger partial charge < -0.3 is 11.1 Å². The second-order valence-corrected chi connectivity index (χ2v) is 7.04. The molecule has 2 aromatic rings. The largest absolute Gasteiger partial charge is 0.388 e. The van der Waals surface area contributed by atoms with Crippen LogP contribution in [0, 0.1) is 5.82 Å². The van der Waals surface area contributed by atoms with Crippen LogP contribution in [0.2, 0.25) is 0 Å². The second-order valence-electron chi connectivity index (χ2n) is 7.04. The van der Waals surface area contributed by atoms with Crippen LogP contribution >= 0.6 is 0 Å². The van der Waals surface area contributed by atoms with Crippen molar-refractivity contribution < 1.29 is 18.8 Å². The lowest BCUT2D eigenvalue weighted by atomic mass is 9.86. The molecule has 0 fully saturated rings. The maximum absolute atomic E-state index is 13.8. The van der Waals surface area contributed by atoms with Crippen molar-refractivity contribution in [3.05, 3.63) is 70.0 Å². The lowest BCUT2D eigenvalue weighted by molar-refractivity contribution is -0.120. The SMILES string of the molecule is CNc1cc(F)cc2c1CC(=O)C(C(=O)Cc1ccc(C(=O)CCCN)cc1)=C2. The molecule has 0 unspecified atom stereocenters. The van der Waals surface area contributed by atoms with Crippen molar-refractivity contribution in [1.82, 2.24) is 0 Å². The van der Waals surface area contributed by atoms with Gasteiger partial charge in [0.15, 0.2) is 17.3 Å². The first-order valence-electron chi connectivity index (χ1n) is 9.53. The van der Waals surface area contributed by atoms with Gasteiger partial charge in [0.25, 0.3) is 0 Å². The summed E-state index contributed by atoms with van der Waals surface area (Å²) >= 11 is 0. The Morgan fingerprint density at radius 2 is 1.86 bits per heavy atom. The highest BCUT2D eigenvalue weighted by atomic mass is 19.1. The van der Waals surface area contributed by atoms with Gasteiger partial charge in [0.1, 0.15) is 5.82 Å². The van der Waals surface area contributed by atoms with Crippen LogP contribution in [0.15, 0.2) is 42.0 Å². The number of allylic oxidation sites excluding steroid dienone is 1. The molecule has 0 amide bonds. The van der Waals surface area contributed by atoms with E-state index in [-0.39, 0.29) is 35.8 Å². The number of hydrogen-bond donors (Lipinski definition) is 2. The minimum atomic E-state index is -0.430. The van der Waals surface area contributed by atoms with E-state index in [0.717, 1.165) is 0 Å². The predicted molar refractivity (Wildman–Crippen MR) is 110 cm³/mol. The number of nitrogens with two attached hydrogens (primary N) is 1. The number of hydrogen-bond acceptors (Lipinski definition) is 5. The lowest BCUT2D eigenvalue weighted by Crippen LogP contribution is -2.21. The molecule has 0 bridgehead atoms. The normalized spacial score (nSPS) is 12.9. The number of ketones is 3. The van der Waals surface area contributed by atoms with Crippen molar-refractivity contribution in [2.45, 2.75) is 25.7 Å². The summed E-state index contributed by atoms with van der Waals surface area (Å²) in [5.74, 6) is -1.02. The van der Waals surface area contributed by atoms with E-state index < -0.39 is 5.82 Å². The Morgan fingerprint density at radius 1 is 1.14 bits per heavy atom. The Balaban J connectivity index is 1.78. The van der Waals surface area contributed by atoms with E-state index in [2.05, 4.69) is 5.32 Å². The van der Waals surface area contributed by atoms with Gasteiger partial charge in [-0.25, -0.2) is 4.39 Å². The summed E-state index contributed by atoms with van der Waals surface area (Å²) in [5.41, 5.74) is 8.56. The van der Waals surface area contributed by atoms with E-state index in [1.54, 1.807) is 31.3 Å². The molecule has 6 heteroatoms. The predicted octanol–water partition coefficient (Wildman–Crippen LogP) is 3.11. The number of halogens is 1. The Labute approximate surface area is 168 Å². The minimum absolute atomic E-state index is 0.0115. The monoisotopic (exact) mass is 394 g/mol. The number of benzene rings is 2. The fourth-order valence-corrected chi connectivity index (χ4v) is 3.43. The number of Topliss-reactive ketones (excluding diaryl/α,β-unsaturated/α-hetero) is 3. The Morgan fingerprint density at radius 3 is 2.52 bits per heavy atom. The molecule has 1 aliphatic rings. The van der Waals surface area contributed by atoms with Gasteiger partial charge in [-0.05, 0) is 47.9 Å². The molecule has 0 spiro atoms. The summed E-state index contributed by atoms with van der Waals surface area (Å²) in [6, 6.07) is 9.47. The van der Waals surface area contributed by atoms with Gasteiger partial charge in [-0.2, -0.15) is 0 Å². The molecule has 3 N–H and O–H groups in total. The average Bonchev–Trinajstić information content (AvgIpc) is 2.71. The summed E-state index contributed by atoms with van der Waals surface area (Å²) in [7, 11) is 1.66. The molecule has 0 radical (unpaired) electrons. The maximum atomic E-state index is 13.8. The smallest absolute Gasteiger partial charge is 0.170 e. The van der Waals surface area contributed by atoms with Gasteiger partial charge in [0.05, 0.1) is 5.57 Å². The van der Waals surface area contributed by atoms with Gasteiger partial charge in [0, 0.05) is 37.6 Å². The number of carbonyl (C=O) groups is 3. The van der Waals surface area contributed by atoms with Gasteiger partial charge in [-0.1, -0.05) is 24.3 Å².